The monoisotopic (exact) mass is 204 g/mol. The van der Waals surface area contributed by atoms with Gasteiger partial charge in [-0.2, -0.15) is 0 Å². The molecule has 0 heterocycles. The Morgan fingerprint density at radius 3 is 2.73 bits per heavy atom. The number of hydrogen-bond acceptors (Lipinski definition) is 2. The fraction of sp³-hybridized carbons (Fsp3) is 0.538. The molecule has 0 aliphatic heterocycles. The Kier molecular flexibility index (Phi) is 3.39. The average Bonchev–Trinajstić information content (AvgIpc) is 3.05. The largest absolute Gasteiger partial charge is 0.329 e. The van der Waals surface area contributed by atoms with E-state index < -0.39 is 0 Å². The van der Waals surface area contributed by atoms with Crippen molar-refractivity contribution < 1.29 is 0 Å². The van der Waals surface area contributed by atoms with Crippen molar-refractivity contribution in [2.75, 3.05) is 13.1 Å². The van der Waals surface area contributed by atoms with Crippen molar-refractivity contribution in [1.82, 2.24) is 5.32 Å². The van der Waals surface area contributed by atoms with Crippen molar-refractivity contribution in [3.63, 3.8) is 0 Å². The van der Waals surface area contributed by atoms with E-state index in [4.69, 9.17) is 5.73 Å². The molecule has 1 aromatic carbocycles. The molecule has 1 saturated carbocycles. The van der Waals surface area contributed by atoms with E-state index in [0.717, 1.165) is 12.5 Å². The molecule has 1 fully saturated rings. The minimum Gasteiger partial charge on any atom is -0.329 e. The summed E-state index contributed by atoms with van der Waals surface area (Å²) in [7, 11) is 0. The van der Waals surface area contributed by atoms with Gasteiger partial charge in [-0.1, -0.05) is 24.3 Å². The Morgan fingerprint density at radius 1 is 1.40 bits per heavy atom. The molecule has 15 heavy (non-hydrogen) atoms. The standard InChI is InChI=1S/C13H20N2/c1-10-4-2-3-5-12(10)13(8-14)15-9-11-6-7-11/h2-5,11,13,15H,6-9,14H2,1H3. The molecule has 1 unspecified atom stereocenters. The van der Waals surface area contributed by atoms with Gasteiger partial charge in [0.1, 0.15) is 0 Å². The highest BCUT2D eigenvalue weighted by Crippen LogP contribution is 2.28. The van der Waals surface area contributed by atoms with E-state index in [0.29, 0.717) is 12.6 Å². The van der Waals surface area contributed by atoms with Gasteiger partial charge in [0.2, 0.25) is 0 Å². The van der Waals surface area contributed by atoms with Crippen LogP contribution >= 0.6 is 0 Å². The summed E-state index contributed by atoms with van der Waals surface area (Å²) in [5.74, 6) is 0.906. The second kappa shape index (κ2) is 4.77. The van der Waals surface area contributed by atoms with Crippen molar-refractivity contribution >= 4 is 0 Å². The number of nitrogens with one attached hydrogen (secondary N) is 1. The highest BCUT2D eigenvalue weighted by Gasteiger charge is 2.22. The van der Waals surface area contributed by atoms with Crippen LogP contribution in [0.25, 0.3) is 0 Å². The number of hydrogen-bond donors (Lipinski definition) is 2. The first-order chi connectivity index (χ1) is 7.31. The van der Waals surface area contributed by atoms with E-state index in [-0.39, 0.29) is 0 Å². The van der Waals surface area contributed by atoms with E-state index in [2.05, 4.69) is 36.5 Å². The first kappa shape index (κ1) is 10.7. The maximum atomic E-state index is 5.82. The summed E-state index contributed by atoms with van der Waals surface area (Å²) in [5, 5.41) is 3.56. The van der Waals surface area contributed by atoms with Gasteiger partial charge in [0, 0.05) is 12.6 Å². The Morgan fingerprint density at radius 2 is 2.13 bits per heavy atom. The molecule has 1 aliphatic rings. The van der Waals surface area contributed by atoms with Crippen LogP contribution in [0.4, 0.5) is 0 Å². The lowest BCUT2D eigenvalue weighted by atomic mass is 10.0. The van der Waals surface area contributed by atoms with Crippen LogP contribution in [-0.4, -0.2) is 13.1 Å². The van der Waals surface area contributed by atoms with Crippen LogP contribution in [0.5, 0.6) is 0 Å². The third-order valence-corrected chi connectivity index (χ3v) is 3.15. The van der Waals surface area contributed by atoms with E-state index >= 15 is 0 Å². The van der Waals surface area contributed by atoms with Gasteiger partial charge in [-0.3, -0.25) is 0 Å². The van der Waals surface area contributed by atoms with Gasteiger partial charge in [0.25, 0.3) is 0 Å². The molecular formula is C13H20N2. The van der Waals surface area contributed by atoms with Crippen LogP contribution < -0.4 is 11.1 Å². The number of rotatable bonds is 5. The zero-order chi connectivity index (χ0) is 10.7. The van der Waals surface area contributed by atoms with Gasteiger partial charge in [-0.05, 0) is 43.4 Å². The molecule has 2 heteroatoms. The van der Waals surface area contributed by atoms with Crippen molar-refractivity contribution in [3.05, 3.63) is 35.4 Å². The first-order valence-corrected chi connectivity index (χ1v) is 5.80. The van der Waals surface area contributed by atoms with E-state index in [1.807, 2.05) is 0 Å². The zero-order valence-corrected chi connectivity index (χ0v) is 9.37. The molecule has 0 bridgehead atoms. The zero-order valence-electron chi connectivity index (χ0n) is 9.37. The molecule has 82 valence electrons. The number of aryl methyl sites for hydroxylation is 1. The molecule has 1 aromatic rings. The van der Waals surface area contributed by atoms with Gasteiger partial charge >= 0.3 is 0 Å². The normalized spacial score (nSPS) is 17.7. The quantitative estimate of drug-likeness (QED) is 0.770. The van der Waals surface area contributed by atoms with Crippen LogP contribution in [0.1, 0.15) is 30.0 Å². The summed E-state index contributed by atoms with van der Waals surface area (Å²) in [6.07, 6.45) is 2.77. The Balaban J connectivity index is 2.00. The summed E-state index contributed by atoms with van der Waals surface area (Å²) < 4.78 is 0. The number of nitrogens with two attached hydrogens (primary N) is 1. The van der Waals surface area contributed by atoms with Gasteiger partial charge in [-0.15, -0.1) is 0 Å². The summed E-state index contributed by atoms with van der Waals surface area (Å²) in [6.45, 7) is 3.95. The smallest absolute Gasteiger partial charge is 0.0447 e. The lowest BCUT2D eigenvalue weighted by Gasteiger charge is -2.19. The number of benzene rings is 1. The van der Waals surface area contributed by atoms with E-state index in [1.165, 1.54) is 24.0 Å². The SMILES string of the molecule is Cc1ccccc1C(CN)NCC1CC1. The highest BCUT2D eigenvalue weighted by atomic mass is 14.9. The van der Waals surface area contributed by atoms with Gasteiger partial charge in [-0.25, -0.2) is 0 Å². The van der Waals surface area contributed by atoms with Gasteiger partial charge < -0.3 is 11.1 Å². The van der Waals surface area contributed by atoms with Crippen molar-refractivity contribution in [2.24, 2.45) is 11.7 Å². The van der Waals surface area contributed by atoms with E-state index in [1.54, 1.807) is 0 Å². The summed E-state index contributed by atoms with van der Waals surface area (Å²) in [4.78, 5) is 0. The van der Waals surface area contributed by atoms with Crippen LogP contribution in [0.2, 0.25) is 0 Å². The first-order valence-electron chi connectivity index (χ1n) is 5.80. The molecule has 0 spiro atoms. The molecule has 0 amide bonds. The van der Waals surface area contributed by atoms with Gasteiger partial charge in [0.05, 0.1) is 0 Å². The fourth-order valence-corrected chi connectivity index (χ4v) is 1.93. The second-order valence-corrected chi connectivity index (χ2v) is 4.50. The predicted octanol–water partition coefficient (Wildman–Crippen LogP) is 1.99. The molecule has 2 rings (SSSR count). The Hall–Kier alpha value is -0.860. The molecule has 0 radical (unpaired) electrons. The van der Waals surface area contributed by atoms with E-state index in [9.17, 15) is 0 Å². The summed E-state index contributed by atoms with van der Waals surface area (Å²) in [6, 6.07) is 8.81. The van der Waals surface area contributed by atoms with Crippen LogP contribution in [0, 0.1) is 12.8 Å². The fourth-order valence-electron chi connectivity index (χ4n) is 1.93. The van der Waals surface area contributed by atoms with Crippen LogP contribution in [-0.2, 0) is 0 Å². The third-order valence-electron chi connectivity index (χ3n) is 3.15. The van der Waals surface area contributed by atoms with Crippen molar-refractivity contribution in [2.45, 2.75) is 25.8 Å². The molecule has 2 nitrogen and oxygen atoms in total. The van der Waals surface area contributed by atoms with Crippen LogP contribution in [0.15, 0.2) is 24.3 Å². The van der Waals surface area contributed by atoms with Crippen molar-refractivity contribution in [1.29, 1.82) is 0 Å². The molecular weight excluding hydrogens is 184 g/mol. The highest BCUT2D eigenvalue weighted by molar-refractivity contribution is 5.28. The molecule has 0 saturated heterocycles. The average molecular weight is 204 g/mol. The Labute approximate surface area is 91.9 Å². The summed E-state index contributed by atoms with van der Waals surface area (Å²) >= 11 is 0. The molecule has 0 aromatic heterocycles. The molecule has 1 atom stereocenters. The lowest BCUT2D eigenvalue weighted by molar-refractivity contribution is 0.520. The third kappa shape index (κ3) is 2.80. The predicted molar refractivity (Wildman–Crippen MR) is 63.7 cm³/mol. The topological polar surface area (TPSA) is 38.0 Å². The van der Waals surface area contributed by atoms with Crippen molar-refractivity contribution in [3.8, 4) is 0 Å². The Bertz CT molecular complexity index is 318. The minimum atomic E-state index is 0.326. The maximum absolute atomic E-state index is 5.82. The minimum absolute atomic E-state index is 0.326. The molecule has 1 aliphatic carbocycles. The second-order valence-electron chi connectivity index (χ2n) is 4.50. The molecule has 3 N–H and O–H groups in total. The van der Waals surface area contributed by atoms with Gasteiger partial charge in [0.15, 0.2) is 0 Å². The maximum Gasteiger partial charge on any atom is 0.0447 e. The summed E-state index contributed by atoms with van der Waals surface area (Å²) in [5.41, 5.74) is 8.50. The van der Waals surface area contributed by atoms with Crippen LogP contribution in [0.3, 0.4) is 0 Å². The lowest BCUT2D eigenvalue weighted by Crippen LogP contribution is -2.30.